The normalized spacial score (nSPS) is 14.8. The molecule has 2 aliphatic rings. The maximum absolute atomic E-state index is 5.48. The minimum atomic E-state index is -0.128. The van der Waals surface area contributed by atoms with Crippen molar-refractivity contribution in [1.82, 2.24) is 19.7 Å². The van der Waals surface area contributed by atoms with E-state index in [1.54, 1.807) is 0 Å². The summed E-state index contributed by atoms with van der Waals surface area (Å²) in [6.45, 7) is 9.42. The average molecular weight is 705 g/mol. The molecule has 0 radical (unpaired) electrons. The number of hydrogen-bond acceptors (Lipinski definition) is 3. The van der Waals surface area contributed by atoms with Gasteiger partial charge in [0.25, 0.3) is 0 Å². The van der Waals surface area contributed by atoms with Gasteiger partial charge in [-0.15, -0.1) is 10.2 Å². The maximum Gasteiger partial charge on any atom is 0.182 e. The number of rotatable bonds is 2. The summed E-state index contributed by atoms with van der Waals surface area (Å²) in [6.07, 6.45) is 0. The minimum absolute atomic E-state index is 0.121. The summed E-state index contributed by atoms with van der Waals surface area (Å²) in [5, 5.41) is 17.0. The van der Waals surface area contributed by atoms with Gasteiger partial charge in [-0.05, 0) is 116 Å². The molecule has 0 saturated carbocycles. The summed E-state index contributed by atoms with van der Waals surface area (Å²) in [4.78, 5) is 5.48. The number of benzene rings is 8. The molecule has 2 heterocycles. The van der Waals surface area contributed by atoms with Crippen LogP contribution in [0.15, 0.2) is 146 Å². The lowest BCUT2D eigenvalue weighted by atomic mass is 9.80. The second-order valence-electron chi connectivity index (χ2n) is 16.5. The van der Waals surface area contributed by atoms with Gasteiger partial charge in [-0.2, -0.15) is 0 Å². The third-order valence-corrected chi connectivity index (χ3v) is 12.9. The molecular formula is C51H36N4. The lowest BCUT2D eigenvalue weighted by Gasteiger charge is -2.23. The van der Waals surface area contributed by atoms with Crippen LogP contribution < -0.4 is 0 Å². The van der Waals surface area contributed by atoms with Crippen LogP contribution in [0.5, 0.6) is 0 Å². The van der Waals surface area contributed by atoms with Crippen LogP contribution in [-0.4, -0.2) is 19.7 Å². The molecule has 2 aromatic heterocycles. The molecule has 55 heavy (non-hydrogen) atoms. The second-order valence-corrected chi connectivity index (χ2v) is 16.5. The van der Waals surface area contributed by atoms with E-state index in [0.29, 0.717) is 5.82 Å². The largest absolute Gasteiger partial charge is 0.309 e. The Labute approximate surface area is 318 Å². The van der Waals surface area contributed by atoms with Gasteiger partial charge in [0, 0.05) is 43.6 Å². The minimum Gasteiger partial charge on any atom is -0.309 e. The first kappa shape index (κ1) is 30.8. The molecule has 0 spiro atoms. The molecule has 0 unspecified atom stereocenters. The highest BCUT2D eigenvalue weighted by Crippen LogP contribution is 2.54. The summed E-state index contributed by atoms with van der Waals surface area (Å²) < 4.78 is 2.34. The van der Waals surface area contributed by atoms with Gasteiger partial charge in [0.05, 0.1) is 11.0 Å². The fraction of sp³-hybridized carbons (Fsp3) is 0.118. The Balaban J connectivity index is 1.16. The molecule has 260 valence electrons. The van der Waals surface area contributed by atoms with Crippen LogP contribution in [0.25, 0.3) is 93.7 Å². The van der Waals surface area contributed by atoms with Crippen molar-refractivity contribution in [3.63, 3.8) is 0 Å². The molecule has 4 nitrogen and oxygen atoms in total. The zero-order chi connectivity index (χ0) is 36.8. The molecule has 0 fully saturated rings. The second kappa shape index (κ2) is 10.5. The SMILES string of the molecule is CC1(C)c2ccccc2-c2cc3c(cc21)c1cc2c(cc1c1nc(-c4ccc5c(c4)c4ccccc4n5-c4ccccc4)nnc31)-c1ccccc1C2(C)C. The van der Waals surface area contributed by atoms with Gasteiger partial charge in [0.2, 0.25) is 0 Å². The molecular weight excluding hydrogens is 669 g/mol. The van der Waals surface area contributed by atoms with Gasteiger partial charge in [-0.1, -0.05) is 113 Å². The molecule has 0 bridgehead atoms. The van der Waals surface area contributed by atoms with Crippen molar-refractivity contribution in [3.05, 3.63) is 168 Å². The van der Waals surface area contributed by atoms with E-state index in [2.05, 4.69) is 178 Å². The number of fused-ring (bicyclic) bond motifs is 15. The van der Waals surface area contributed by atoms with Gasteiger partial charge >= 0.3 is 0 Å². The molecule has 0 atom stereocenters. The van der Waals surface area contributed by atoms with Gasteiger partial charge < -0.3 is 4.57 Å². The van der Waals surface area contributed by atoms with Gasteiger partial charge in [-0.25, -0.2) is 4.98 Å². The highest BCUT2D eigenvalue weighted by Gasteiger charge is 2.38. The fourth-order valence-electron chi connectivity index (χ4n) is 10.1. The lowest BCUT2D eigenvalue weighted by Crippen LogP contribution is -2.15. The highest BCUT2D eigenvalue weighted by atomic mass is 15.2. The topological polar surface area (TPSA) is 43.6 Å². The van der Waals surface area contributed by atoms with Crippen molar-refractivity contribution < 1.29 is 0 Å². The Kier molecular flexibility index (Phi) is 5.88. The van der Waals surface area contributed by atoms with E-state index in [1.165, 1.54) is 66.2 Å². The number of nitrogens with zero attached hydrogens (tertiary/aromatic N) is 4. The Hall–Kier alpha value is -6.65. The molecule has 0 amide bonds. The first-order valence-corrected chi connectivity index (χ1v) is 19.2. The van der Waals surface area contributed by atoms with Gasteiger partial charge in [0.1, 0.15) is 11.0 Å². The van der Waals surface area contributed by atoms with Crippen LogP contribution in [0.3, 0.4) is 0 Å². The number of para-hydroxylation sites is 2. The quantitative estimate of drug-likeness (QED) is 0.168. The van der Waals surface area contributed by atoms with Crippen molar-refractivity contribution in [2.75, 3.05) is 0 Å². The zero-order valence-electron chi connectivity index (χ0n) is 31.1. The molecule has 12 rings (SSSR count). The Morgan fingerprint density at radius 2 is 0.964 bits per heavy atom. The summed E-state index contributed by atoms with van der Waals surface area (Å²) in [6, 6.07) is 53.2. The molecule has 2 aliphatic carbocycles. The standard InChI is InChI=1S/C51H36N4/c1-50(2)41-19-11-8-16-31(41)36-25-39-34(27-43(36)50)35-28-44-37(32-17-9-12-20-42(32)51(44,3)4)26-40(35)48-47(39)52-49(54-53-48)29-22-23-46-38(24-29)33-18-10-13-21-45(33)55(46)30-14-6-5-7-15-30/h5-28H,1-4H3. The fourth-order valence-corrected chi connectivity index (χ4v) is 10.1. The first-order chi connectivity index (χ1) is 26.8. The van der Waals surface area contributed by atoms with E-state index in [4.69, 9.17) is 15.2 Å². The Morgan fingerprint density at radius 3 is 1.64 bits per heavy atom. The summed E-state index contributed by atoms with van der Waals surface area (Å²) in [5.74, 6) is 0.625. The summed E-state index contributed by atoms with van der Waals surface area (Å²) in [7, 11) is 0. The van der Waals surface area contributed by atoms with E-state index in [9.17, 15) is 0 Å². The molecule has 0 N–H and O–H groups in total. The predicted octanol–water partition coefficient (Wildman–Crippen LogP) is 12.7. The van der Waals surface area contributed by atoms with Gasteiger partial charge in [0.15, 0.2) is 5.82 Å². The van der Waals surface area contributed by atoms with E-state index >= 15 is 0 Å². The molecule has 0 aliphatic heterocycles. The van der Waals surface area contributed by atoms with Crippen LogP contribution in [0, 0.1) is 0 Å². The molecule has 8 aromatic carbocycles. The monoisotopic (exact) mass is 704 g/mol. The molecule has 0 saturated heterocycles. The summed E-state index contributed by atoms with van der Waals surface area (Å²) >= 11 is 0. The van der Waals surface area contributed by atoms with Crippen molar-refractivity contribution in [1.29, 1.82) is 0 Å². The third kappa shape index (κ3) is 3.98. The lowest BCUT2D eigenvalue weighted by molar-refractivity contribution is 0.660. The van der Waals surface area contributed by atoms with Crippen molar-refractivity contribution in [2.24, 2.45) is 0 Å². The average Bonchev–Trinajstić information content (AvgIpc) is 3.76. The van der Waals surface area contributed by atoms with Gasteiger partial charge in [-0.3, -0.25) is 0 Å². The van der Waals surface area contributed by atoms with E-state index in [-0.39, 0.29) is 10.8 Å². The van der Waals surface area contributed by atoms with Crippen molar-refractivity contribution in [3.8, 4) is 39.3 Å². The van der Waals surface area contributed by atoms with Crippen LogP contribution in [0.2, 0.25) is 0 Å². The zero-order valence-corrected chi connectivity index (χ0v) is 31.1. The van der Waals surface area contributed by atoms with Crippen LogP contribution in [0.1, 0.15) is 49.9 Å². The van der Waals surface area contributed by atoms with E-state index < -0.39 is 0 Å². The van der Waals surface area contributed by atoms with Crippen LogP contribution in [0.4, 0.5) is 0 Å². The van der Waals surface area contributed by atoms with E-state index in [1.807, 2.05) is 0 Å². The van der Waals surface area contributed by atoms with Crippen LogP contribution >= 0.6 is 0 Å². The van der Waals surface area contributed by atoms with Crippen molar-refractivity contribution in [2.45, 2.75) is 38.5 Å². The Morgan fingerprint density at radius 1 is 0.400 bits per heavy atom. The summed E-state index contributed by atoms with van der Waals surface area (Å²) in [5.41, 5.74) is 16.4. The highest BCUT2D eigenvalue weighted by molar-refractivity contribution is 6.25. The van der Waals surface area contributed by atoms with E-state index in [0.717, 1.165) is 44.0 Å². The molecule has 4 heteroatoms. The smallest absolute Gasteiger partial charge is 0.182 e. The van der Waals surface area contributed by atoms with Crippen molar-refractivity contribution >= 4 is 54.4 Å². The third-order valence-electron chi connectivity index (χ3n) is 12.9. The maximum atomic E-state index is 5.48. The first-order valence-electron chi connectivity index (χ1n) is 19.2. The predicted molar refractivity (Wildman–Crippen MR) is 227 cm³/mol. The molecule has 10 aromatic rings. The van der Waals surface area contributed by atoms with Crippen LogP contribution in [-0.2, 0) is 10.8 Å². The Bertz CT molecular complexity index is 3310. The number of hydrogen-bond donors (Lipinski definition) is 0. The number of aromatic nitrogens is 4.